The normalized spacial score (nSPS) is 16.5. The van der Waals surface area contributed by atoms with Crippen LogP contribution in [-0.4, -0.2) is 41.6 Å². The number of carbonyl (C=O) groups excluding carboxylic acids is 3. The quantitative estimate of drug-likeness (QED) is 0.565. The molecular formula is C28H36N2O3. The van der Waals surface area contributed by atoms with E-state index >= 15 is 0 Å². The van der Waals surface area contributed by atoms with Gasteiger partial charge in [0.2, 0.25) is 11.7 Å². The molecule has 1 fully saturated rings. The Kier molecular flexibility index (Phi) is 8.43. The maximum atomic E-state index is 13.1. The summed E-state index contributed by atoms with van der Waals surface area (Å²) in [7, 11) is 0. The van der Waals surface area contributed by atoms with Gasteiger partial charge in [0.1, 0.15) is 6.04 Å². The van der Waals surface area contributed by atoms with Gasteiger partial charge in [-0.15, -0.1) is 0 Å². The predicted molar refractivity (Wildman–Crippen MR) is 131 cm³/mol. The number of likely N-dealkylation sites (tertiary alicyclic amines) is 1. The molecule has 0 radical (unpaired) electrons. The maximum Gasteiger partial charge on any atom is 0.291 e. The highest BCUT2D eigenvalue weighted by molar-refractivity contribution is 6.38. The van der Waals surface area contributed by atoms with E-state index in [1.165, 1.54) is 16.0 Å². The second-order valence-corrected chi connectivity index (χ2v) is 9.53. The number of ketones is 1. The number of nitrogens with zero attached hydrogens (tertiary/aromatic N) is 1. The van der Waals surface area contributed by atoms with Crippen LogP contribution in [0.4, 0.5) is 0 Å². The monoisotopic (exact) mass is 448 g/mol. The van der Waals surface area contributed by atoms with Crippen LogP contribution in [0, 0.1) is 5.41 Å². The molecular weight excluding hydrogens is 412 g/mol. The summed E-state index contributed by atoms with van der Waals surface area (Å²) in [5.74, 6) is -0.917. The molecule has 0 aliphatic carbocycles. The van der Waals surface area contributed by atoms with Crippen molar-refractivity contribution in [1.82, 2.24) is 10.2 Å². The zero-order chi connectivity index (χ0) is 23.8. The Morgan fingerprint density at radius 2 is 1.55 bits per heavy atom. The lowest BCUT2D eigenvalue weighted by molar-refractivity contribution is -0.153. The standard InChI is InChI=1S/C28H36N2O3/c1-4-28(2,3)25(31)27(33)30-20-12-11-17-24(30)26(32)29-19-18-23(21-13-7-5-8-14-21)22-15-9-6-10-16-22/h5-10,13-16,23-24H,4,11-12,17-20H2,1-3H3,(H,29,32). The van der Waals surface area contributed by atoms with Crippen LogP contribution < -0.4 is 5.32 Å². The molecule has 3 rings (SSSR count). The van der Waals surface area contributed by atoms with Gasteiger partial charge in [0.05, 0.1) is 0 Å². The number of hydrogen-bond acceptors (Lipinski definition) is 3. The van der Waals surface area contributed by atoms with Gasteiger partial charge in [-0.3, -0.25) is 14.4 Å². The molecule has 1 aliphatic rings. The number of amides is 2. The average Bonchev–Trinajstić information content (AvgIpc) is 2.86. The van der Waals surface area contributed by atoms with E-state index < -0.39 is 23.1 Å². The maximum absolute atomic E-state index is 13.1. The second kappa shape index (κ2) is 11.3. The molecule has 2 amide bonds. The summed E-state index contributed by atoms with van der Waals surface area (Å²) in [6.07, 6.45) is 3.63. The van der Waals surface area contributed by atoms with E-state index in [9.17, 15) is 14.4 Å². The van der Waals surface area contributed by atoms with Crippen molar-refractivity contribution in [2.75, 3.05) is 13.1 Å². The van der Waals surface area contributed by atoms with Crippen LogP contribution in [0.2, 0.25) is 0 Å². The number of hydrogen-bond donors (Lipinski definition) is 1. The van der Waals surface area contributed by atoms with Crippen molar-refractivity contribution in [1.29, 1.82) is 0 Å². The van der Waals surface area contributed by atoms with Crippen LogP contribution >= 0.6 is 0 Å². The molecule has 2 aromatic carbocycles. The molecule has 5 heteroatoms. The van der Waals surface area contributed by atoms with Gasteiger partial charge >= 0.3 is 0 Å². The van der Waals surface area contributed by atoms with Gasteiger partial charge in [0.15, 0.2) is 0 Å². The third-order valence-electron chi connectivity index (χ3n) is 6.90. The fourth-order valence-corrected chi connectivity index (χ4v) is 4.38. The number of piperidine rings is 1. The number of rotatable bonds is 9. The molecule has 1 N–H and O–H groups in total. The summed E-state index contributed by atoms with van der Waals surface area (Å²) in [6, 6.07) is 20.0. The van der Waals surface area contributed by atoms with E-state index in [-0.39, 0.29) is 11.8 Å². The Hall–Kier alpha value is -2.95. The van der Waals surface area contributed by atoms with E-state index in [0.717, 1.165) is 19.3 Å². The Morgan fingerprint density at radius 3 is 2.09 bits per heavy atom. The van der Waals surface area contributed by atoms with Crippen molar-refractivity contribution in [3.63, 3.8) is 0 Å². The van der Waals surface area contributed by atoms with Gasteiger partial charge in [-0.25, -0.2) is 0 Å². The van der Waals surface area contributed by atoms with E-state index in [4.69, 9.17) is 0 Å². The van der Waals surface area contributed by atoms with Crippen molar-refractivity contribution in [3.8, 4) is 0 Å². The lowest BCUT2D eigenvalue weighted by Gasteiger charge is -2.36. The van der Waals surface area contributed by atoms with Gasteiger partial charge in [-0.2, -0.15) is 0 Å². The first-order valence-electron chi connectivity index (χ1n) is 12.1. The number of Topliss-reactive ketones (excluding diaryl/α,β-unsaturated/α-hetero) is 1. The fourth-order valence-electron chi connectivity index (χ4n) is 4.38. The van der Waals surface area contributed by atoms with Gasteiger partial charge in [0.25, 0.3) is 5.91 Å². The first kappa shape index (κ1) is 24.7. The molecule has 1 saturated heterocycles. The molecule has 1 unspecified atom stereocenters. The van der Waals surface area contributed by atoms with E-state index in [2.05, 4.69) is 29.6 Å². The van der Waals surface area contributed by atoms with Crippen molar-refractivity contribution in [2.24, 2.45) is 5.41 Å². The predicted octanol–water partition coefficient (Wildman–Crippen LogP) is 4.71. The van der Waals surface area contributed by atoms with Crippen LogP contribution in [0.1, 0.15) is 69.9 Å². The topological polar surface area (TPSA) is 66.5 Å². The Labute approximate surface area is 197 Å². The Balaban J connectivity index is 1.66. The van der Waals surface area contributed by atoms with E-state index in [0.29, 0.717) is 25.9 Å². The largest absolute Gasteiger partial charge is 0.354 e. The number of carbonyl (C=O) groups is 3. The Morgan fingerprint density at radius 1 is 0.970 bits per heavy atom. The summed E-state index contributed by atoms with van der Waals surface area (Å²) in [6.45, 7) is 6.44. The van der Waals surface area contributed by atoms with Crippen LogP contribution in [-0.2, 0) is 14.4 Å². The third kappa shape index (κ3) is 6.10. The van der Waals surface area contributed by atoms with Gasteiger partial charge in [-0.05, 0) is 43.2 Å². The van der Waals surface area contributed by atoms with Crippen molar-refractivity contribution >= 4 is 17.6 Å². The average molecular weight is 449 g/mol. The van der Waals surface area contributed by atoms with Crippen LogP contribution in [0.3, 0.4) is 0 Å². The van der Waals surface area contributed by atoms with E-state index in [1.807, 2.05) is 43.3 Å². The molecule has 0 saturated carbocycles. The molecule has 2 aromatic rings. The molecule has 5 nitrogen and oxygen atoms in total. The molecule has 1 aliphatic heterocycles. The highest BCUT2D eigenvalue weighted by Gasteiger charge is 2.39. The minimum Gasteiger partial charge on any atom is -0.354 e. The highest BCUT2D eigenvalue weighted by atomic mass is 16.2. The smallest absolute Gasteiger partial charge is 0.291 e. The summed E-state index contributed by atoms with van der Waals surface area (Å²) >= 11 is 0. The molecule has 0 spiro atoms. The van der Waals surface area contributed by atoms with Crippen LogP contribution in [0.15, 0.2) is 60.7 Å². The number of benzene rings is 2. The summed E-state index contributed by atoms with van der Waals surface area (Å²) in [4.78, 5) is 40.3. The fraction of sp³-hybridized carbons (Fsp3) is 0.464. The number of nitrogens with one attached hydrogen (secondary N) is 1. The molecule has 0 bridgehead atoms. The van der Waals surface area contributed by atoms with Crippen molar-refractivity contribution < 1.29 is 14.4 Å². The molecule has 33 heavy (non-hydrogen) atoms. The minimum atomic E-state index is -0.714. The van der Waals surface area contributed by atoms with Crippen LogP contribution in [0.25, 0.3) is 0 Å². The van der Waals surface area contributed by atoms with Gasteiger partial charge in [0, 0.05) is 24.4 Å². The zero-order valence-electron chi connectivity index (χ0n) is 20.0. The molecule has 1 atom stereocenters. The first-order chi connectivity index (χ1) is 15.8. The second-order valence-electron chi connectivity index (χ2n) is 9.53. The van der Waals surface area contributed by atoms with Crippen molar-refractivity contribution in [3.05, 3.63) is 71.8 Å². The summed E-state index contributed by atoms with van der Waals surface area (Å²) in [5, 5.41) is 3.05. The molecule has 0 aromatic heterocycles. The SMILES string of the molecule is CCC(C)(C)C(=O)C(=O)N1CCCCC1C(=O)NCCC(c1ccccc1)c1ccccc1. The van der Waals surface area contributed by atoms with Crippen molar-refractivity contribution in [2.45, 2.75) is 64.8 Å². The minimum absolute atomic E-state index is 0.162. The van der Waals surface area contributed by atoms with Crippen LogP contribution in [0.5, 0.6) is 0 Å². The molecule has 176 valence electrons. The zero-order valence-corrected chi connectivity index (χ0v) is 20.0. The lowest BCUT2D eigenvalue weighted by Crippen LogP contribution is -2.55. The molecule has 1 heterocycles. The Bertz CT molecular complexity index is 901. The lowest BCUT2D eigenvalue weighted by atomic mass is 9.84. The summed E-state index contributed by atoms with van der Waals surface area (Å²) < 4.78 is 0. The van der Waals surface area contributed by atoms with E-state index in [1.54, 1.807) is 13.8 Å². The highest BCUT2D eigenvalue weighted by Crippen LogP contribution is 2.28. The first-order valence-corrected chi connectivity index (χ1v) is 12.1. The van der Waals surface area contributed by atoms with Gasteiger partial charge < -0.3 is 10.2 Å². The van der Waals surface area contributed by atoms with Gasteiger partial charge in [-0.1, -0.05) is 81.4 Å². The third-order valence-corrected chi connectivity index (χ3v) is 6.90. The summed E-state index contributed by atoms with van der Waals surface area (Å²) in [5.41, 5.74) is 1.70.